The molecule has 0 aliphatic rings. The number of hydrogen-bond donors (Lipinski definition) is 0. The molecule has 0 radical (unpaired) electrons. The van der Waals surface area contributed by atoms with Crippen LogP contribution in [0.3, 0.4) is 0 Å². The fourth-order valence-electron chi connectivity index (χ4n) is 0.842. The normalized spacial score (nSPS) is 11.1. The lowest BCUT2D eigenvalue weighted by Crippen LogP contribution is -1.76. The summed E-state index contributed by atoms with van der Waals surface area (Å²) in [4.78, 5) is 1.11. The Morgan fingerprint density at radius 2 is 1.93 bits per heavy atom. The van der Waals surface area contributed by atoms with E-state index >= 15 is 0 Å². The van der Waals surface area contributed by atoms with Gasteiger partial charge in [0.2, 0.25) is 0 Å². The van der Waals surface area contributed by atoms with E-state index in [0.717, 1.165) is 10.6 Å². The second-order valence-corrected chi connectivity index (χ2v) is 4.73. The lowest BCUT2D eigenvalue weighted by molar-refractivity contribution is 1.46. The third-order valence-electron chi connectivity index (χ3n) is 1.49. The Kier molecular flexibility index (Phi) is 5.80. The van der Waals surface area contributed by atoms with Crippen LogP contribution in [0.5, 0.6) is 0 Å². The van der Waals surface area contributed by atoms with E-state index in [1.165, 1.54) is 0 Å². The molecular weight excluding hydrogens is 259 g/mol. The molecule has 0 N–H and O–H groups in total. The lowest BCUT2D eigenvalue weighted by atomic mass is 10.4. The summed E-state index contributed by atoms with van der Waals surface area (Å²) in [7, 11) is 0. The maximum absolute atomic E-state index is 5.87. The summed E-state index contributed by atoms with van der Waals surface area (Å²) < 4.78 is 0. The molecule has 0 aliphatic heterocycles. The van der Waals surface area contributed by atoms with Crippen molar-refractivity contribution in [3.8, 4) is 0 Å². The Morgan fingerprint density at radius 3 is 2.57 bits per heavy atom. The van der Waals surface area contributed by atoms with Gasteiger partial charge in [-0.3, -0.25) is 0 Å². The SMILES string of the molecule is ClCC=CCSc1ccc(Cl)c(Cl)c1. The zero-order valence-electron chi connectivity index (χ0n) is 7.34. The van der Waals surface area contributed by atoms with Crippen LogP contribution in [-0.4, -0.2) is 11.6 Å². The van der Waals surface area contributed by atoms with Crippen LogP contribution in [0.4, 0.5) is 0 Å². The lowest BCUT2D eigenvalue weighted by Gasteiger charge is -2.00. The van der Waals surface area contributed by atoms with Crippen molar-refractivity contribution in [3.05, 3.63) is 40.4 Å². The van der Waals surface area contributed by atoms with Crippen LogP contribution in [0.15, 0.2) is 35.2 Å². The van der Waals surface area contributed by atoms with Crippen LogP contribution in [0, 0.1) is 0 Å². The number of benzene rings is 1. The largest absolute Gasteiger partial charge is 0.122 e. The molecule has 0 heterocycles. The van der Waals surface area contributed by atoms with E-state index in [0.29, 0.717) is 15.9 Å². The van der Waals surface area contributed by atoms with Gasteiger partial charge >= 0.3 is 0 Å². The maximum atomic E-state index is 5.87. The Bertz CT molecular complexity index is 323. The van der Waals surface area contributed by atoms with E-state index < -0.39 is 0 Å². The van der Waals surface area contributed by atoms with E-state index in [1.807, 2.05) is 24.3 Å². The molecule has 0 aliphatic carbocycles. The second-order valence-electron chi connectivity index (χ2n) is 2.51. The maximum Gasteiger partial charge on any atom is 0.0603 e. The molecule has 0 amide bonds. The highest BCUT2D eigenvalue weighted by atomic mass is 35.5. The van der Waals surface area contributed by atoms with Gasteiger partial charge in [-0.15, -0.1) is 23.4 Å². The Balaban J connectivity index is 2.51. The van der Waals surface area contributed by atoms with Crippen LogP contribution >= 0.6 is 46.6 Å². The fourth-order valence-corrected chi connectivity index (χ4v) is 2.12. The molecule has 0 saturated heterocycles. The van der Waals surface area contributed by atoms with Crippen molar-refractivity contribution in [2.45, 2.75) is 4.90 Å². The van der Waals surface area contributed by atoms with E-state index in [-0.39, 0.29) is 0 Å². The topological polar surface area (TPSA) is 0 Å². The zero-order valence-corrected chi connectivity index (χ0v) is 10.4. The third-order valence-corrected chi connectivity index (χ3v) is 3.36. The standard InChI is InChI=1S/C10H9Cl3S/c11-5-1-2-6-14-8-3-4-9(12)10(13)7-8/h1-4,7H,5-6H2. The predicted molar refractivity (Wildman–Crippen MR) is 67.0 cm³/mol. The molecule has 0 saturated carbocycles. The molecule has 0 spiro atoms. The minimum Gasteiger partial charge on any atom is -0.122 e. The van der Waals surface area contributed by atoms with Crippen LogP contribution in [-0.2, 0) is 0 Å². The number of halogens is 3. The summed E-state index contributed by atoms with van der Waals surface area (Å²) in [5.41, 5.74) is 0. The molecule has 0 atom stereocenters. The van der Waals surface area contributed by atoms with E-state index in [4.69, 9.17) is 34.8 Å². The fraction of sp³-hybridized carbons (Fsp3) is 0.200. The Hall–Kier alpha value is 0.180. The quantitative estimate of drug-likeness (QED) is 0.426. The molecule has 1 rings (SSSR count). The molecule has 0 nitrogen and oxygen atoms in total. The van der Waals surface area contributed by atoms with E-state index in [2.05, 4.69) is 0 Å². The van der Waals surface area contributed by atoms with Gasteiger partial charge in [-0.25, -0.2) is 0 Å². The van der Waals surface area contributed by atoms with Crippen molar-refractivity contribution in [1.82, 2.24) is 0 Å². The first-order valence-electron chi connectivity index (χ1n) is 4.03. The summed E-state index contributed by atoms with van der Waals surface area (Å²) >= 11 is 18.9. The average Bonchev–Trinajstić information content (AvgIpc) is 2.18. The van der Waals surface area contributed by atoms with Gasteiger partial charge in [0, 0.05) is 16.5 Å². The Labute approximate surface area is 103 Å². The monoisotopic (exact) mass is 266 g/mol. The molecule has 0 fully saturated rings. The van der Waals surface area contributed by atoms with Crippen LogP contribution in [0.1, 0.15) is 0 Å². The summed E-state index contributed by atoms with van der Waals surface area (Å²) in [5, 5.41) is 1.19. The van der Waals surface area contributed by atoms with Crippen LogP contribution in [0.25, 0.3) is 0 Å². The number of hydrogen-bond acceptors (Lipinski definition) is 1. The average molecular weight is 268 g/mol. The van der Waals surface area contributed by atoms with Crippen molar-refractivity contribution < 1.29 is 0 Å². The molecule has 1 aromatic carbocycles. The van der Waals surface area contributed by atoms with Gasteiger partial charge in [-0.2, -0.15) is 0 Å². The minimum atomic E-state index is 0.557. The minimum absolute atomic E-state index is 0.557. The molecule has 0 aromatic heterocycles. The summed E-state index contributed by atoms with van der Waals surface area (Å²) in [5.74, 6) is 1.45. The molecule has 1 aromatic rings. The third kappa shape index (κ3) is 4.14. The van der Waals surface area contributed by atoms with Crippen molar-refractivity contribution in [3.63, 3.8) is 0 Å². The van der Waals surface area contributed by atoms with Gasteiger partial charge < -0.3 is 0 Å². The first kappa shape index (κ1) is 12.3. The van der Waals surface area contributed by atoms with Gasteiger partial charge in [-0.1, -0.05) is 35.4 Å². The van der Waals surface area contributed by atoms with Gasteiger partial charge in [0.25, 0.3) is 0 Å². The summed E-state index contributed by atoms with van der Waals surface area (Å²) in [6, 6.07) is 5.62. The second kappa shape index (κ2) is 6.62. The first-order valence-corrected chi connectivity index (χ1v) is 6.30. The highest BCUT2D eigenvalue weighted by molar-refractivity contribution is 7.99. The number of rotatable bonds is 4. The van der Waals surface area contributed by atoms with Crippen molar-refractivity contribution in [1.29, 1.82) is 0 Å². The highest BCUT2D eigenvalue weighted by Crippen LogP contribution is 2.27. The molecule has 0 unspecified atom stereocenters. The number of allylic oxidation sites excluding steroid dienone is 1. The predicted octanol–water partition coefficient (Wildman–Crippen LogP) is 4.88. The number of thioether (sulfide) groups is 1. The molecular formula is C10H9Cl3S. The molecule has 4 heteroatoms. The van der Waals surface area contributed by atoms with Gasteiger partial charge in [0.15, 0.2) is 0 Å². The van der Waals surface area contributed by atoms with Gasteiger partial charge in [0.1, 0.15) is 0 Å². The van der Waals surface area contributed by atoms with E-state index in [1.54, 1.807) is 17.8 Å². The van der Waals surface area contributed by atoms with Crippen LogP contribution < -0.4 is 0 Å². The van der Waals surface area contributed by atoms with Gasteiger partial charge in [0.05, 0.1) is 10.0 Å². The van der Waals surface area contributed by atoms with Crippen LogP contribution in [0.2, 0.25) is 10.0 Å². The van der Waals surface area contributed by atoms with Gasteiger partial charge in [-0.05, 0) is 18.2 Å². The van der Waals surface area contributed by atoms with Crippen molar-refractivity contribution in [2.24, 2.45) is 0 Å². The molecule has 14 heavy (non-hydrogen) atoms. The van der Waals surface area contributed by atoms with Crippen molar-refractivity contribution >= 4 is 46.6 Å². The highest BCUT2D eigenvalue weighted by Gasteiger charge is 1.98. The molecule has 0 bridgehead atoms. The van der Waals surface area contributed by atoms with Crippen molar-refractivity contribution in [2.75, 3.05) is 11.6 Å². The summed E-state index contributed by atoms with van der Waals surface area (Å²) in [6.45, 7) is 0. The first-order chi connectivity index (χ1) is 6.74. The summed E-state index contributed by atoms with van der Waals surface area (Å²) in [6.07, 6.45) is 3.95. The zero-order chi connectivity index (χ0) is 10.4. The smallest absolute Gasteiger partial charge is 0.0603 e. The van der Waals surface area contributed by atoms with E-state index in [9.17, 15) is 0 Å². The Morgan fingerprint density at radius 1 is 1.14 bits per heavy atom. The molecule has 76 valence electrons. The number of alkyl halides is 1.